The summed E-state index contributed by atoms with van der Waals surface area (Å²) in [6.07, 6.45) is 3.30. The lowest BCUT2D eigenvalue weighted by Crippen LogP contribution is -2.49. The third kappa shape index (κ3) is 5.69. The minimum absolute atomic E-state index is 0.0747. The van der Waals surface area contributed by atoms with Crippen molar-refractivity contribution in [1.29, 1.82) is 0 Å². The number of aromatic nitrogens is 3. The van der Waals surface area contributed by atoms with Gasteiger partial charge in [-0.05, 0) is 77.9 Å². The number of nitrogen functional groups attached to an aromatic ring is 1. The average Bonchev–Trinajstić information content (AvgIpc) is 4.12. The lowest BCUT2D eigenvalue weighted by molar-refractivity contribution is 0.0541. The maximum absolute atomic E-state index is 17.6. The van der Waals surface area contributed by atoms with E-state index in [-0.39, 0.29) is 70.5 Å². The molecule has 6 fully saturated rings. The van der Waals surface area contributed by atoms with Crippen LogP contribution in [0.15, 0.2) is 30.5 Å². The highest BCUT2D eigenvalue weighted by atomic mass is 28.3. The lowest BCUT2D eigenvalue weighted by atomic mass is 9.77. The second-order valence-electron chi connectivity index (χ2n) is 19.7. The van der Waals surface area contributed by atoms with Crippen LogP contribution in [0.25, 0.3) is 32.9 Å². The van der Waals surface area contributed by atoms with E-state index in [0.29, 0.717) is 59.2 Å². The van der Waals surface area contributed by atoms with Crippen molar-refractivity contribution in [2.75, 3.05) is 50.1 Å². The molecule has 5 atom stereocenters. The third-order valence-corrected chi connectivity index (χ3v) is 22.1. The minimum Gasteiger partial charge on any atom is -0.461 e. The van der Waals surface area contributed by atoms with Crippen LogP contribution in [0, 0.1) is 39.8 Å². The van der Waals surface area contributed by atoms with Crippen LogP contribution in [0.1, 0.15) is 79.2 Å². The van der Waals surface area contributed by atoms with E-state index in [1.807, 2.05) is 0 Å². The normalized spacial score (nSPS) is 28.8. The zero-order chi connectivity index (χ0) is 42.3. The van der Waals surface area contributed by atoms with Gasteiger partial charge in [-0.15, -0.1) is 5.54 Å². The summed E-state index contributed by atoms with van der Waals surface area (Å²) in [5.74, 6) is -0.861. The molecule has 0 radical (unpaired) electrons. The highest BCUT2D eigenvalue weighted by Gasteiger charge is 2.82. The topological polar surface area (TPSA) is 89.6 Å². The number of nitrogens with two attached hydrogens (primary N) is 1. The Kier molecular flexibility index (Phi) is 8.99. The molecule has 4 aromatic rings. The fourth-order valence-electron chi connectivity index (χ4n) is 12.3. The second-order valence-corrected chi connectivity index (χ2v) is 25.3. The number of pyridine rings is 1. The Hall–Kier alpha value is -4.06. The minimum atomic E-state index is -2.71. The zero-order valence-electron chi connectivity index (χ0n) is 35.1. The molecule has 2 aromatic carbocycles. The van der Waals surface area contributed by atoms with Gasteiger partial charge in [0.15, 0.2) is 5.82 Å². The smallest absolute Gasteiger partial charge is 0.319 e. The van der Waals surface area contributed by atoms with Gasteiger partial charge in [0.2, 0.25) is 0 Å². The highest BCUT2D eigenvalue weighted by Crippen LogP contribution is 2.76. The maximum atomic E-state index is 17.6. The molecule has 6 aliphatic rings. The highest BCUT2D eigenvalue weighted by molar-refractivity contribution is 6.90. The van der Waals surface area contributed by atoms with E-state index >= 15 is 13.2 Å². The molecule has 3 aliphatic carbocycles. The molecule has 0 bridgehead atoms. The molecule has 5 heterocycles. The molecule has 14 heteroatoms. The third-order valence-electron chi connectivity index (χ3n) is 15.8. The molecule has 318 valence electrons. The van der Waals surface area contributed by atoms with Gasteiger partial charge in [0.05, 0.1) is 41.2 Å². The molecular weight excluding hydrogens is 792 g/mol. The van der Waals surface area contributed by atoms with E-state index in [4.69, 9.17) is 25.2 Å². The number of alkyl halides is 3. The van der Waals surface area contributed by atoms with E-state index < -0.39 is 48.8 Å². The predicted molar refractivity (Wildman–Crippen MR) is 226 cm³/mol. The molecule has 3 aliphatic heterocycles. The molecule has 8 nitrogen and oxygen atoms in total. The molecule has 0 unspecified atom stereocenters. The van der Waals surface area contributed by atoms with Crippen molar-refractivity contribution in [2.24, 2.45) is 16.7 Å². The molecular formula is C46H53F5N6O2Si. The number of rotatable bonds is 8. The maximum Gasteiger partial charge on any atom is 0.319 e. The largest absolute Gasteiger partial charge is 0.461 e. The van der Waals surface area contributed by atoms with Crippen molar-refractivity contribution < 1.29 is 31.4 Å². The fraction of sp³-hybridized carbons (Fsp3) is 0.587. The standard InChI is InChI=1S/C46H53F5N6O2Si/c1-25(2)60(26(3)4,27(5)6)16-9-30-34(47)8-7-28-17-29(52)18-31(35(28)30)38-37(49)39-32(19-53-38)41(57-14-15-58-20-33-36(48)40(33)57)55-42(54-39)59-24-45-21-44(22-46(44,50)51)23-56(45)13-12-43(45)10-11-43/h7-8,17-19,25-27,33,36,40H,10-15,20-24,52H2,1-6H3/t33-,36-,40-,44+,45-/m0/s1. The van der Waals surface area contributed by atoms with E-state index in [2.05, 4.69) is 62.9 Å². The Labute approximate surface area is 348 Å². The number of halogens is 5. The summed E-state index contributed by atoms with van der Waals surface area (Å²) in [4.78, 5) is 18.2. The quantitative estimate of drug-likeness (QED) is 0.0813. The molecule has 2 N–H and O–H groups in total. The fourth-order valence-corrected chi connectivity index (χ4v) is 17.5. The molecule has 3 saturated heterocycles. The van der Waals surface area contributed by atoms with Gasteiger partial charge < -0.3 is 20.1 Å². The first kappa shape index (κ1) is 40.0. The van der Waals surface area contributed by atoms with Crippen LogP contribution in [-0.4, -0.2) is 91.1 Å². The van der Waals surface area contributed by atoms with Gasteiger partial charge in [0, 0.05) is 48.3 Å². The zero-order valence-corrected chi connectivity index (χ0v) is 36.1. The molecule has 0 amide bonds. The van der Waals surface area contributed by atoms with Crippen molar-refractivity contribution in [3.63, 3.8) is 0 Å². The Morgan fingerprint density at radius 3 is 2.40 bits per heavy atom. The number of hydrogen-bond acceptors (Lipinski definition) is 8. The van der Waals surface area contributed by atoms with Crippen LogP contribution in [0.3, 0.4) is 0 Å². The van der Waals surface area contributed by atoms with Crippen LogP contribution >= 0.6 is 0 Å². The van der Waals surface area contributed by atoms with E-state index in [1.54, 1.807) is 23.1 Å². The molecule has 3 saturated carbocycles. The summed E-state index contributed by atoms with van der Waals surface area (Å²) in [6, 6.07) is 5.63. The van der Waals surface area contributed by atoms with Crippen LogP contribution in [0.2, 0.25) is 16.6 Å². The Bertz CT molecular complexity index is 2480. The number of hydrogen-bond donors (Lipinski definition) is 1. The lowest BCUT2D eigenvalue weighted by Gasteiger charge is -2.38. The summed E-state index contributed by atoms with van der Waals surface area (Å²) in [7, 11) is -2.31. The van der Waals surface area contributed by atoms with Gasteiger partial charge in [-0.2, -0.15) is 9.97 Å². The number of anilines is 2. The monoisotopic (exact) mass is 844 g/mol. The first-order chi connectivity index (χ1) is 28.5. The predicted octanol–water partition coefficient (Wildman–Crippen LogP) is 9.48. The number of benzene rings is 2. The van der Waals surface area contributed by atoms with Crippen LogP contribution < -0.4 is 15.4 Å². The molecule has 2 aromatic heterocycles. The van der Waals surface area contributed by atoms with Crippen molar-refractivity contribution >= 4 is 41.3 Å². The number of nitrogens with zero attached hydrogens (tertiary/aromatic N) is 5. The summed E-state index contributed by atoms with van der Waals surface area (Å²) in [5, 5.41) is 1.22. The second kappa shape index (κ2) is 13.5. The SMILES string of the molecule is CC(C)[Si](C#Cc1c(F)ccc2cc(N)cc(-c3ncc4c(N5CCOC[C@H]6[C@H](F)[C@H]65)nc(OC[C@]56C[C@]7(CN5CCC65CC5)CC7(F)F)nc4c3F)c12)(C(C)C)C(C)C. The van der Waals surface area contributed by atoms with Crippen molar-refractivity contribution in [3.05, 3.63) is 47.7 Å². The van der Waals surface area contributed by atoms with Crippen LogP contribution in [0.4, 0.5) is 33.5 Å². The van der Waals surface area contributed by atoms with Crippen LogP contribution in [0.5, 0.6) is 6.01 Å². The summed E-state index contributed by atoms with van der Waals surface area (Å²) >= 11 is 0. The first-order valence-electron chi connectivity index (χ1n) is 21.6. The summed E-state index contributed by atoms with van der Waals surface area (Å²) in [6.45, 7) is 15.1. The van der Waals surface area contributed by atoms with Crippen molar-refractivity contribution in [3.8, 4) is 28.7 Å². The van der Waals surface area contributed by atoms with E-state index in [9.17, 15) is 8.78 Å². The molecule has 2 spiro atoms. The Morgan fingerprint density at radius 1 is 0.983 bits per heavy atom. The van der Waals surface area contributed by atoms with Crippen molar-refractivity contribution in [2.45, 2.75) is 114 Å². The van der Waals surface area contributed by atoms with Crippen molar-refractivity contribution in [1.82, 2.24) is 19.9 Å². The van der Waals surface area contributed by atoms with E-state index in [1.165, 1.54) is 12.3 Å². The number of fused-ring (bicyclic) bond motifs is 5. The first-order valence-corrected chi connectivity index (χ1v) is 23.9. The average molecular weight is 845 g/mol. The molecule has 60 heavy (non-hydrogen) atoms. The van der Waals surface area contributed by atoms with Gasteiger partial charge in [0.25, 0.3) is 5.92 Å². The molecule has 10 rings (SSSR count). The van der Waals surface area contributed by atoms with Gasteiger partial charge in [-0.25, -0.2) is 22.0 Å². The van der Waals surface area contributed by atoms with Gasteiger partial charge in [0.1, 0.15) is 43.7 Å². The number of ether oxygens (including phenoxy) is 2. The van der Waals surface area contributed by atoms with Gasteiger partial charge in [-0.3, -0.25) is 9.88 Å². The summed E-state index contributed by atoms with van der Waals surface area (Å²) < 4.78 is 91.2. The Balaban J connectivity index is 1.12. The Morgan fingerprint density at radius 2 is 1.72 bits per heavy atom. The van der Waals surface area contributed by atoms with Crippen LogP contribution in [-0.2, 0) is 4.74 Å². The summed E-state index contributed by atoms with van der Waals surface area (Å²) in [5.41, 5.74) is 9.73. The van der Waals surface area contributed by atoms with Gasteiger partial charge >= 0.3 is 6.01 Å². The van der Waals surface area contributed by atoms with E-state index in [0.717, 1.165) is 25.8 Å². The van der Waals surface area contributed by atoms with Gasteiger partial charge in [-0.1, -0.05) is 53.5 Å².